The maximum absolute atomic E-state index is 11.7. The lowest BCUT2D eigenvalue weighted by Crippen LogP contribution is -2.21. The van der Waals surface area contributed by atoms with Gasteiger partial charge in [0.2, 0.25) is 5.24 Å². The Balaban J connectivity index is 1.80. The van der Waals surface area contributed by atoms with Gasteiger partial charge in [0.15, 0.2) is 0 Å². The zero-order chi connectivity index (χ0) is 12.8. The van der Waals surface area contributed by atoms with Crippen molar-refractivity contribution in [2.75, 3.05) is 0 Å². The van der Waals surface area contributed by atoms with E-state index >= 15 is 0 Å². The van der Waals surface area contributed by atoms with E-state index in [9.17, 15) is 4.79 Å². The highest BCUT2D eigenvalue weighted by Gasteiger charge is 2.26. The average Bonchev–Trinajstić information content (AvgIpc) is 2.40. The third kappa shape index (κ3) is 4.57. The number of hydrogen-bond acceptors (Lipinski definition) is 1. The SMILES string of the molecule is O=C(Cl)C(CC1CCCCC1)CC1CCCCC1. The van der Waals surface area contributed by atoms with E-state index in [1.54, 1.807) is 0 Å². The van der Waals surface area contributed by atoms with Crippen molar-refractivity contribution in [2.24, 2.45) is 17.8 Å². The standard InChI is InChI=1S/C16H27ClO/c17-16(18)15(11-13-7-3-1-4-8-13)12-14-9-5-2-6-10-14/h13-15H,1-12H2. The Bertz CT molecular complexity index is 232. The van der Waals surface area contributed by atoms with Gasteiger partial charge in [-0.1, -0.05) is 64.2 Å². The molecule has 0 unspecified atom stereocenters. The topological polar surface area (TPSA) is 17.1 Å². The predicted octanol–water partition coefficient (Wildman–Crippen LogP) is 5.31. The van der Waals surface area contributed by atoms with Gasteiger partial charge in [-0.3, -0.25) is 4.79 Å². The van der Waals surface area contributed by atoms with Crippen LogP contribution in [0.1, 0.15) is 77.0 Å². The third-order valence-electron chi connectivity index (χ3n) is 5.01. The van der Waals surface area contributed by atoms with Crippen LogP contribution in [0.15, 0.2) is 0 Å². The monoisotopic (exact) mass is 270 g/mol. The number of carbonyl (C=O) groups is 1. The largest absolute Gasteiger partial charge is 0.281 e. The molecule has 2 fully saturated rings. The van der Waals surface area contributed by atoms with Gasteiger partial charge in [0.25, 0.3) is 0 Å². The molecule has 0 N–H and O–H groups in total. The summed E-state index contributed by atoms with van der Waals surface area (Å²) in [5.41, 5.74) is 0. The maximum Gasteiger partial charge on any atom is 0.224 e. The van der Waals surface area contributed by atoms with Gasteiger partial charge in [0, 0.05) is 5.92 Å². The Labute approximate surface area is 117 Å². The van der Waals surface area contributed by atoms with Crippen LogP contribution in [-0.2, 0) is 4.79 Å². The number of halogens is 1. The van der Waals surface area contributed by atoms with Crippen LogP contribution in [0.2, 0.25) is 0 Å². The van der Waals surface area contributed by atoms with Gasteiger partial charge in [0.1, 0.15) is 0 Å². The van der Waals surface area contributed by atoms with Crippen LogP contribution in [0.5, 0.6) is 0 Å². The minimum absolute atomic E-state index is 0.0638. The summed E-state index contributed by atoms with van der Waals surface area (Å²) >= 11 is 5.84. The molecular weight excluding hydrogens is 244 g/mol. The molecule has 0 saturated heterocycles. The molecule has 0 aliphatic heterocycles. The van der Waals surface area contributed by atoms with Crippen molar-refractivity contribution in [2.45, 2.75) is 77.0 Å². The quantitative estimate of drug-likeness (QED) is 0.619. The molecule has 18 heavy (non-hydrogen) atoms. The zero-order valence-corrected chi connectivity index (χ0v) is 12.3. The summed E-state index contributed by atoms with van der Waals surface area (Å²) < 4.78 is 0. The van der Waals surface area contributed by atoms with Crippen molar-refractivity contribution in [1.82, 2.24) is 0 Å². The highest BCUT2D eigenvalue weighted by Crippen LogP contribution is 2.35. The van der Waals surface area contributed by atoms with Gasteiger partial charge in [-0.15, -0.1) is 0 Å². The van der Waals surface area contributed by atoms with E-state index in [0.717, 1.165) is 24.7 Å². The van der Waals surface area contributed by atoms with Crippen molar-refractivity contribution in [3.05, 3.63) is 0 Å². The molecule has 0 heterocycles. The van der Waals surface area contributed by atoms with E-state index < -0.39 is 0 Å². The Morgan fingerprint density at radius 2 is 1.22 bits per heavy atom. The van der Waals surface area contributed by atoms with Gasteiger partial charge >= 0.3 is 0 Å². The molecule has 0 aromatic rings. The van der Waals surface area contributed by atoms with Gasteiger partial charge < -0.3 is 0 Å². The predicted molar refractivity (Wildman–Crippen MR) is 76.7 cm³/mol. The molecule has 2 rings (SSSR count). The fourth-order valence-corrected chi connectivity index (χ4v) is 4.11. The van der Waals surface area contributed by atoms with Crippen LogP contribution in [-0.4, -0.2) is 5.24 Å². The van der Waals surface area contributed by atoms with Gasteiger partial charge in [-0.2, -0.15) is 0 Å². The van der Waals surface area contributed by atoms with Crippen molar-refractivity contribution in [3.63, 3.8) is 0 Å². The number of hydrogen-bond donors (Lipinski definition) is 0. The summed E-state index contributed by atoms with van der Waals surface area (Å²) in [6.45, 7) is 0. The first-order chi connectivity index (χ1) is 8.75. The molecule has 2 aliphatic rings. The molecule has 0 atom stereocenters. The van der Waals surface area contributed by atoms with Crippen LogP contribution >= 0.6 is 11.6 Å². The maximum atomic E-state index is 11.7. The van der Waals surface area contributed by atoms with E-state index in [-0.39, 0.29) is 11.2 Å². The molecule has 0 radical (unpaired) electrons. The van der Waals surface area contributed by atoms with Crippen LogP contribution < -0.4 is 0 Å². The molecule has 0 bridgehead atoms. The molecule has 104 valence electrons. The summed E-state index contributed by atoms with van der Waals surface area (Å²) in [5.74, 6) is 1.70. The highest BCUT2D eigenvalue weighted by atomic mass is 35.5. The second kappa shape index (κ2) is 7.53. The molecule has 2 aliphatic carbocycles. The van der Waals surface area contributed by atoms with E-state index in [2.05, 4.69) is 0 Å². The zero-order valence-electron chi connectivity index (χ0n) is 11.5. The smallest absolute Gasteiger partial charge is 0.224 e. The fourth-order valence-electron chi connectivity index (χ4n) is 3.93. The molecule has 2 saturated carbocycles. The molecular formula is C16H27ClO. The fraction of sp³-hybridized carbons (Fsp3) is 0.938. The van der Waals surface area contributed by atoms with E-state index in [0.29, 0.717) is 0 Å². The van der Waals surface area contributed by atoms with Gasteiger partial charge in [0.05, 0.1) is 0 Å². The number of rotatable bonds is 5. The van der Waals surface area contributed by atoms with Crippen molar-refractivity contribution >= 4 is 16.8 Å². The lowest BCUT2D eigenvalue weighted by atomic mass is 9.77. The normalized spacial score (nSPS) is 23.4. The molecule has 0 aromatic carbocycles. The van der Waals surface area contributed by atoms with Crippen molar-refractivity contribution in [1.29, 1.82) is 0 Å². The molecule has 0 aromatic heterocycles. The lowest BCUT2D eigenvalue weighted by Gasteiger charge is -2.28. The second-order valence-electron chi connectivity index (χ2n) is 6.48. The minimum Gasteiger partial charge on any atom is -0.281 e. The minimum atomic E-state index is -0.0638. The lowest BCUT2D eigenvalue weighted by molar-refractivity contribution is -0.116. The first kappa shape index (κ1) is 14.4. The van der Waals surface area contributed by atoms with Gasteiger partial charge in [-0.25, -0.2) is 0 Å². The van der Waals surface area contributed by atoms with Crippen LogP contribution in [0.4, 0.5) is 0 Å². The molecule has 0 amide bonds. The van der Waals surface area contributed by atoms with Crippen LogP contribution in [0, 0.1) is 17.8 Å². The summed E-state index contributed by atoms with van der Waals surface area (Å²) in [5, 5.41) is -0.0638. The van der Waals surface area contributed by atoms with Crippen molar-refractivity contribution < 1.29 is 4.79 Å². The average molecular weight is 271 g/mol. The van der Waals surface area contributed by atoms with Crippen LogP contribution in [0.3, 0.4) is 0 Å². The first-order valence-electron chi connectivity index (χ1n) is 7.95. The van der Waals surface area contributed by atoms with E-state index in [1.807, 2.05) is 0 Å². The van der Waals surface area contributed by atoms with E-state index in [4.69, 9.17) is 11.6 Å². The first-order valence-corrected chi connectivity index (χ1v) is 8.33. The Morgan fingerprint density at radius 1 is 0.833 bits per heavy atom. The van der Waals surface area contributed by atoms with Crippen molar-refractivity contribution in [3.8, 4) is 0 Å². The molecule has 0 spiro atoms. The Hall–Kier alpha value is -0.0400. The highest BCUT2D eigenvalue weighted by molar-refractivity contribution is 6.63. The summed E-state index contributed by atoms with van der Waals surface area (Å²) in [6, 6.07) is 0. The third-order valence-corrected chi connectivity index (χ3v) is 5.31. The van der Waals surface area contributed by atoms with Gasteiger partial charge in [-0.05, 0) is 36.3 Å². The summed E-state index contributed by atoms with van der Waals surface area (Å²) in [6.07, 6.45) is 15.6. The Kier molecular flexibility index (Phi) is 6.01. The molecule has 1 nitrogen and oxygen atoms in total. The number of carbonyl (C=O) groups excluding carboxylic acids is 1. The Morgan fingerprint density at radius 3 is 1.56 bits per heavy atom. The van der Waals surface area contributed by atoms with Crippen LogP contribution in [0.25, 0.3) is 0 Å². The summed E-state index contributed by atoms with van der Waals surface area (Å²) in [4.78, 5) is 11.7. The summed E-state index contributed by atoms with van der Waals surface area (Å²) in [7, 11) is 0. The second-order valence-corrected chi connectivity index (χ2v) is 6.85. The van der Waals surface area contributed by atoms with E-state index in [1.165, 1.54) is 64.2 Å². The molecule has 2 heteroatoms.